The van der Waals surface area contributed by atoms with Gasteiger partial charge in [0.2, 0.25) is 5.91 Å². The van der Waals surface area contributed by atoms with Gasteiger partial charge >= 0.3 is 0 Å². The molecule has 2 aliphatic rings. The van der Waals surface area contributed by atoms with E-state index in [2.05, 4.69) is 10.4 Å². The van der Waals surface area contributed by atoms with Crippen molar-refractivity contribution in [3.63, 3.8) is 0 Å². The fourth-order valence-electron chi connectivity index (χ4n) is 3.21. The molecule has 0 spiro atoms. The largest absolute Gasteiger partial charge is 0.371 e. The Balaban J connectivity index is 1.68. The summed E-state index contributed by atoms with van der Waals surface area (Å²) in [7, 11) is 0. The molecule has 2 fully saturated rings. The van der Waals surface area contributed by atoms with Gasteiger partial charge in [0.25, 0.3) is 5.91 Å². The van der Waals surface area contributed by atoms with E-state index >= 15 is 0 Å². The third-order valence-corrected chi connectivity index (χ3v) is 4.34. The molecule has 6 heteroatoms. The summed E-state index contributed by atoms with van der Waals surface area (Å²) in [5.74, 6) is -0.121. The van der Waals surface area contributed by atoms with Crippen LogP contribution in [-0.2, 0) is 9.59 Å². The molecule has 1 unspecified atom stereocenters. The number of hydrogen-bond acceptors (Lipinski definition) is 4. The SMILES string of the molecule is CC(C)n1cc(NC2CC(=O)N(C3CCCC3)C2=O)cn1. The van der Waals surface area contributed by atoms with Crippen LogP contribution in [0.1, 0.15) is 52.0 Å². The normalized spacial score (nSPS) is 23.6. The van der Waals surface area contributed by atoms with Crippen LogP contribution in [0.4, 0.5) is 5.69 Å². The maximum atomic E-state index is 12.5. The fraction of sp³-hybridized carbons (Fsp3) is 0.667. The highest BCUT2D eigenvalue weighted by Gasteiger charge is 2.43. The second-order valence-electron chi connectivity index (χ2n) is 6.24. The van der Waals surface area contributed by atoms with Gasteiger partial charge in [-0.1, -0.05) is 12.8 Å². The quantitative estimate of drug-likeness (QED) is 0.861. The lowest BCUT2D eigenvalue weighted by molar-refractivity contribution is -0.141. The van der Waals surface area contributed by atoms with E-state index in [-0.39, 0.29) is 30.3 Å². The highest BCUT2D eigenvalue weighted by atomic mass is 16.2. The molecule has 1 aliphatic heterocycles. The fourth-order valence-corrected chi connectivity index (χ4v) is 3.21. The van der Waals surface area contributed by atoms with Crippen LogP contribution < -0.4 is 5.32 Å². The van der Waals surface area contributed by atoms with Crippen LogP contribution in [0.2, 0.25) is 0 Å². The van der Waals surface area contributed by atoms with E-state index < -0.39 is 6.04 Å². The van der Waals surface area contributed by atoms with E-state index in [4.69, 9.17) is 0 Å². The molecule has 1 aromatic rings. The van der Waals surface area contributed by atoms with Crippen LogP contribution in [0.15, 0.2) is 12.4 Å². The first kappa shape index (κ1) is 14.1. The van der Waals surface area contributed by atoms with Crippen LogP contribution in [0, 0.1) is 0 Å². The Morgan fingerprint density at radius 2 is 2.00 bits per heavy atom. The Labute approximate surface area is 124 Å². The number of aromatic nitrogens is 2. The third kappa shape index (κ3) is 2.66. The molecule has 1 aromatic heterocycles. The number of likely N-dealkylation sites (tertiary alicyclic amines) is 1. The standard InChI is InChI=1S/C15H22N4O2/c1-10(2)18-9-11(8-16-18)17-13-7-14(20)19(15(13)21)12-5-3-4-6-12/h8-10,12-13,17H,3-7H2,1-2H3. The summed E-state index contributed by atoms with van der Waals surface area (Å²) in [5.41, 5.74) is 0.795. The van der Waals surface area contributed by atoms with Gasteiger partial charge in [0.1, 0.15) is 6.04 Å². The van der Waals surface area contributed by atoms with Gasteiger partial charge in [-0.25, -0.2) is 0 Å². The van der Waals surface area contributed by atoms with Crippen LogP contribution in [-0.4, -0.2) is 38.6 Å². The number of rotatable bonds is 4. The summed E-state index contributed by atoms with van der Waals surface area (Å²) in [6, 6.07) is -0.0467. The maximum absolute atomic E-state index is 12.5. The second-order valence-corrected chi connectivity index (χ2v) is 6.24. The lowest BCUT2D eigenvalue weighted by Gasteiger charge is -2.22. The van der Waals surface area contributed by atoms with Crippen molar-refractivity contribution in [1.82, 2.24) is 14.7 Å². The van der Waals surface area contributed by atoms with E-state index in [0.717, 1.165) is 31.4 Å². The average molecular weight is 290 g/mol. The minimum absolute atomic E-state index is 0.0411. The second kappa shape index (κ2) is 5.50. The van der Waals surface area contributed by atoms with E-state index in [1.165, 1.54) is 4.90 Å². The predicted molar refractivity (Wildman–Crippen MR) is 78.7 cm³/mol. The summed E-state index contributed by atoms with van der Waals surface area (Å²) in [4.78, 5) is 26.1. The lowest BCUT2D eigenvalue weighted by Crippen LogP contribution is -2.40. The molecule has 2 heterocycles. The molecular weight excluding hydrogens is 268 g/mol. The molecule has 3 rings (SSSR count). The minimum Gasteiger partial charge on any atom is -0.371 e. The van der Waals surface area contributed by atoms with Crippen molar-refractivity contribution in [3.8, 4) is 0 Å². The van der Waals surface area contributed by atoms with Crippen molar-refractivity contribution in [1.29, 1.82) is 0 Å². The lowest BCUT2D eigenvalue weighted by atomic mass is 10.2. The molecule has 2 amide bonds. The number of imide groups is 1. The number of nitrogens with one attached hydrogen (secondary N) is 1. The Kier molecular flexibility index (Phi) is 3.69. The van der Waals surface area contributed by atoms with Crippen molar-refractivity contribution >= 4 is 17.5 Å². The molecule has 0 bridgehead atoms. The van der Waals surface area contributed by atoms with Crippen molar-refractivity contribution < 1.29 is 9.59 Å². The first-order valence-corrected chi connectivity index (χ1v) is 7.73. The molecule has 6 nitrogen and oxygen atoms in total. The number of anilines is 1. The first-order valence-electron chi connectivity index (χ1n) is 7.73. The number of hydrogen-bond donors (Lipinski definition) is 1. The van der Waals surface area contributed by atoms with Gasteiger partial charge < -0.3 is 5.32 Å². The Hall–Kier alpha value is -1.85. The summed E-state index contributed by atoms with van der Waals surface area (Å²) in [6.07, 6.45) is 7.96. The van der Waals surface area contributed by atoms with Gasteiger partial charge in [-0.05, 0) is 26.7 Å². The Morgan fingerprint density at radius 3 is 2.62 bits per heavy atom. The maximum Gasteiger partial charge on any atom is 0.252 e. The highest BCUT2D eigenvalue weighted by molar-refractivity contribution is 6.07. The van der Waals surface area contributed by atoms with E-state index in [1.807, 2.05) is 24.7 Å². The monoisotopic (exact) mass is 290 g/mol. The summed E-state index contributed by atoms with van der Waals surface area (Å²) < 4.78 is 1.83. The van der Waals surface area contributed by atoms with Gasteiger partial charge in [-0.15, -0.1) is 0 Å². The van der Waals surface area contributed by atoms with Crippen LogP contribution in [0.3, 0.4) is 0 Å². The Bertz CT molecular complexity index is 546. The third-order valence-electron chi connectivity index (χ3n) is 4.34. The smallest absolute Gasteiger partial charge is 0.252 e. The van der Waals surface area contributed by atoms with E-state index in [9.17, 15) is 9.59 Å². The van der Waals surface area contributed by atoms with Crippen molar-refractivity contribution in [2.24, 2.45) is 0 Å². The first-order chi connectivity index (χ1) is 10.1. The highest BCUT2D eigenvalue weighted by Crippen LogP contribution is 2.29. The Morgan fingerprint density at radius 1 is 1.29 bits per heavy atom. The van der Waals surface area contributed by atoms with Gasteiger partial charge in [0.05, 0.1) is 18.3 Å². The van der Waals surface area contributed by atoms with Gasteiger partial charge in [-0.3, -0.25) is 19.2 Å². The number of amides is 2. The molecule has 1 aliphatic carbocycles. The van der Waals surface area contributed by atoms with Crippen LogP contribution >= 0.6 is 0 Å². The average Bonchev–Trinajstić information content (AvgIpc) is 3.12. The zero-order chi connectivity index (χ0) is 15.0. The molecule has 0 aromatic carbocycles. The minimum atomic E-state index is -0.442. The molecule has 1 atom stereocenters. The molecule has 1 N–H and O–H groups in total. The van der Waals surface area contributed by atoms with Gasteiger partial charge in [0.15, 0.2) is 0 Å². The van der Waals surface area contributed by atoms with Crippen molar-refractivity contribution in [3.05, 3.63) is 12.4 Å². The topological polar surface area (TPSA) is 67.2 Å². The summed E-state index contributed by atoms with van der Waals surface area (Å²) in [6.45, 7) is 4.09. The predicted octanol–water partition coefficient (Wildman–Crippen LogP) is 1.95. The number of nitrogens with zero attached hydrogens (tertiary/aromatic N) is 3. The van der Waals surface area contributed by atoms with Crippen LogP contribution in [0.5, 0.6) is 0 Å². The molecule has 114 valence electrons. The summed E-state index contributed by atoms with van der Waals surface area (Å²) >= 11 is 0. The number of carbonyl (C=O) groups is 2. The summed E-state index contributed by atoms with van der Waals surface area (Å²) in [5, 5.41) is 7.40. The van der Waals surface area contributed by atoms with Crippen molar-refractivity contribution in [2.45, 2.75) is 64.1 Å². The molecule has 1 saturated carbocycles. The van der Waals surface area contributed by atoms with Gasteiger partial charge in [0, 0.05) is 18.3 Å². The molecule has 0 radical (unpaired) electrons. The molecule has 1 saturated heterocycles. The van der Waals surface area contributed by atoms with E-state index in [1.54, 1.807) is 6.20 Å². The zero-order valence-corrected chi connectivity index (χ0v) is 12.6. The zero-order valence-electron chi connectivity index (χ0n) is 12.6. The van der Waals surface area contributed by atoms with Crippen molar-refractivity contribution in [2.75, 3.05) is 5.32 Å². The molecule has 21 heavy (non-hydrogen) atoms. The molecular formula is C15H22N4O2. The number of carbonyl (C=O) groups excluding carboxylic acids is 2. The van der Waals surface area contributed by atoms with Crippen LogP contribution in [0.25, 0.3) is 0 Å². The van der Waals surface area contributed by atoms with Gasteiger partial charge in [-0.2, -0.15) is 5.10 Å². The van der Waals surface area contributed by atoms with E-state index in [0.29, 0.717) is 0 Å².